The number of carbonyl (C=O) groups excluding carboxylic acids is 2. The van der Waals surface area contributed by atoms with Crippen LogP contribution in [0.4, 0.5) is 0 Å². The molecule has 0 radical (unpaired) electrons. The van der Waals surface area contributed by atoms with Gasteiger partial charge >= 0.3 is 0 Å². The second kappa shape index (κ2) is 11.7. The van der Waals surface area contributed by atoms with Crippen LogP contribution in [0.15, 0.2) is 34.9 Å². The van der Waals surface area contributed by atoms with Gasteiger partial charge in [0.25, 0.3) is 5.89 Å². The van der Waals surface area contributed by atoms with E-state index in [1.807, 2.05) is 38.1 Å². The Morgan fingerprint density at radius 2 is 1.94 bits per heavy atom. The molecular formula is C26H31N3O6. The summed E-state index contributed by atoms with van der Waals surface area (Å²) in [5.41, 5.74) is 9.74. The molecule has 186 valence electrons. The first-order valence-electron chi connectivity index (χ1n) is 11.6. The van der Waals surface area contributed by atoms with Gasteiger partial charge in [0.1, 0.15) is 24.7 Å². The van der Waals surface area contributed by atoms with Crippen molar-refractivity contribution in [2.24, 2.45) is 5.73 Å². The summed E-state index contributed by atoms with van der Waals surface area (Å²) in [5.74, 6) is 0.448. The Morgan fingerprint density at radius 1 is 1.17 bits per heavy atom. The van der Waals surface area contributed by atoms with Gasteiger partial charge in [0.05, 0.1) is 6.10 Å². The molecule has 1 amide bonds. The number of carbonyl (C=O) groups is 2. The van der Waals surface area contributed by atoms with Crippen LogP contribution in [0.2, 0.25) is 0 Å². The maximum Gasteiger partial charge on any atom is 0.258 e. The Morgan fingerprint density at radius 3 is 2.60 bits per heavy atom. The fraction of sp³-hybridized carbons (Fsp3) is 0.385. The molecule has 9 heteroatoms. The fourth-order valence-corrected chi connectivity index (χ4v) is 3.87. The van der Waals surface area contributed by atoms with E-state index in [4.69, 9.17) is 15.0 Å². The molecule has 0 aliphatic rings. The second-order valence-corrected chi connectivity index (χ2v) is 8.51. The molecule has 1 heterocycles. The lowest BCUT2D eigenvalue weighted by molar-refractivity contribution is -0.127. The molecule has 0 saturated carbocycles. The van der Waals surface area contributed by atoms with Crippen LogP contribution in [0.25, 0.3) is 22.8 Å². The lowest BCUT2D eigenvalue weighted by Gasteiger charge is -2.18. The van der Waals surface area contributed by atoms with Crippen molar-refractivity contribution in [2.75, 3.05) is 6.61 Å². The van der Waals surface area contributed by atoms with Gasteiger partial charge in [-0.15, -0.1) is 0 Å². The lowest BCUT2D eigenvalue weighted by atomic mass is 10.0. The van der Waals surface area contributed by atoms with E-state index >= 15 is 0 Å². The average molecular weight is 482 g/mol. The topological polar surface area (TPSA) is 149 Å². The van der Waals surface area contributed by atoms with Crippen LogP contribution in [0.5, 0.6) is 5.75 Å². The highest BCUT2D eigenvalue weighted by Crippen LogP contribution is 2.31. The van der Waals surface area contributed by atoms with E-state index in [1.54, 1.807) is 6.07 Å². The van der Waals surface area contributed by atoms with Gasteiger partial charge in [-0.3, -0.25) is 9.59 Å². The van der Waals surface area contributed by atoms with Gasteiger partial charge in [0, 0.05) is 23.1 Å². The zero-order chi connectivity index (χ0) is 25.5. The van der Waals surface area contributed by atoms with Gasteiger partial charge in [0.15, 0.2) is 0 Å². The molecule has 1 unspecified atom stereocenters. The summed E-state index contributed by atoms with van der Waals surface area (Å²) >= 11 is 0. The molecule has 9 nitrogen and oxygen atoms in total. The average Bonchev–Trinajstić information content (AvgIpc) is 3.33. The first-order valence-corrected chi connectivity index (χ1v) is 11.6. The monoisotopic (exact) mass is 481 g/mol. The zero-order valence-electron chi connectivity index (χ0n) is 20.2. The number of primary amides is 1. The fourth-order valence-electron chi connectivity index (χ4n) is 3.87. The molecule has 2 aromatic carbocycles. The summed E-state index contributed by atoms with van der Waals surface area (Å²) < 4.78 is 11.3. The highest BCUT2D eigenvalue weighted by Gasteiger charge is 2.19. The third-order valence-corrected chi connectivity index (χ3v) is 5.60. The molecular weight excluding hydrogens is 450 g/mol. The minimum atomic E-state index is -1.43. The third kappa shape index (κ3) is 6.52. The number of aliphatic hydroxyl groups is 2. The van der Waals surface area contributed by atoms with E-state index in [2.05, 4.69) is 17.1 Å². The normalized spacial score (nSPS) is 12.8. The van der Waals surface area contributed by atoms with Crippen LogP contribution in [-0.4, -0.2) is 51.4 Å². The highest BCUT2D eigenvalue weighted by molar-refractivity contribution is 5.79. The van der Waals surface area contributed by atoms with E-state index in [9.17, 15) is 19.8 Å². The molecule has 0 fully saturated rings. The molecule has 2 atom stereocenters. The van der Waals surface area contributed by atoms with Gasteiger partial charge in [-0.2, -0.15) is 4.98 Å². The summed E-state index contributed by atoms with van der Waals surface area (Å²) in [7, 11) is 0. The Hall–Kier alpha value is -3.56. The summed E-state index contributed by atoms with van der Waals surface area (Å²) in [5, 5.41) is 23.7. The summed E-state index contributed by atoms with van der Waals surface area (Å²) in [6, 6.07) is 9.29. The molecule has 0 aliphatic carbocycles. The largest absolute Gasteiger partial charge is 0.490 e. The van der Waals surface area contributed by atoms with Crippen molar-refractivity contribution >= 4 is 12.2 Å². The molecule has 0 bridgehead atoms. The number of hydrogen-bond donors (Lipinski definition) is 3. The molecule has 0 spiro atoms. The van der Waals surface area contributed by atoms with E-state index in [0.29, 0.717) is 35.0 Å². The van der Waals surface area contributed by atoms with Crippen LogP contribution in [-0.2, 0) is 17.6 Å². The van der Waals surface area contributed by atoms with Crippen molar-refractivity contribution < 1.29 is 29.1 Å². The number of nitrogens with two attached hydrogens (primary N) is 1. The standard InChI is InChI=1S/C26H31N3O6/c1-4-6-16-8-17(13-30)10-20(9-16)26-28-25(29-35-26)19-7-15(3)23(18(5-2)11-19)34-14-21(31)12-22(32)24(27)33/h7-11,13,21-22,31-32H,4-6,12,14H2,1-3H3,(H2,27,33)/t21-,22?/m0/s1. The first-order chi connectivity index (χ1) is 16.7. The van der Waals surface area contributed by atoms with Gasteiger partial charge < -0.3 is 25.2 Å². The molecule has 35 heavy (non-hydrogen) atoms. The Labute approximate surface area is 203 Å². The molecule has 0 saturated heterocycles. The van der Waals surface area contributed by atoms with Crippen LogP contribution < -0.4 is 10.5 Å². The third-order valence-electron chi connectivity index (χ3n) is 5.60. The quantitative estimate of drug-likeness (QED) is 0.334. The van der Waals surface area contributed by atoms with Crippen molar-refractivity contribution in [3.63, 3.8) is 0 Å². The Bertz CT molecular complexity index is 1190. The van der Waals surface area contributed by atoms with Crippen LogP contribution in [0.3, 0.4) is 0 Å². The highest BCUT2D eigenvalue weighted by atomic mass is 16.5. The predicted octanol–water partition coefficient (Wildman–Crippen LogP) is 3.02. The number of hydrogen-bond acceptors (Lipinski definition) is 8. The van der Waals surface area contributed by atoms with Crippen molar-refractivity contribution in [2.45, 2.75) is 58.7 Å². The van der Waals surface area contributed by atoms with Gasteiger partial charge in [-0.05, 0) is 66.8 Å². The van der Waals surface area contributed by atoms with Crippen LogP contribution in [0, 0.1) is 6.92 Å². The van der Waals surface area contributed by atoms with Gasteiger partial charge in [-0.1, -0.05) is 25.4 Å². The number of aromatic nitrogens is 2. The van der Waals surface area contributed by atoms with E-state index in [0.717, 1.165) is 41.4 Å². The van der Waals surface area contributed by atoms with E-state index < -0.39 is 18.1 Å². The number of rotatable bonds is 12. The number of aldehydes is 1. The molecule has 3 rings (SSSR count). The predicted molar refractivity (Wildman–Crippen MR) is 130 cm³/mol. The first kappa shape index (κ1) is 26.1. The minimum Gasteiger partial charge on any atom is -0.490 e. The summed E-state index contributed by atoms with van der Waals surface area (Å²) in [6.45, 7) is 5.82. The number of aliphatic hydroxyl groups excluding tert-OH is 2. The smallest absolute Gasteiger partial charge is 0.258 e. The van der Waals surface area contributed by atoms with Gasteiger partial charge in [-0.25, -0.2) is 0 Å². The number of amides is 1. The second-order valence-electron chi connectivity index (χ2n) is 8.51. The van der Waals surface area contributed by atoms with E-state index in [-0.39, 0.29) is 13.0 Å². The van der Waals surface area contributed by atoms with Crippen molar-refractivity contribution in [3.8, 4) is 28.6 Å². The lowest BCUT2D eigenvalue weighted by Crippen LogP contribution is -2.33. The molecule has 1 aromatic heterocycles. The SMILES string of the molecule is CCCc1cc(C=O)cc(-c2nc(-c3cc(C)c(OC[C@@H](O)CC(O)C(N)=O)c(CC)c3)no2)c1. The minimum absolute atomic E-state index is 0.100. The zero-order valence-corrected chi connectivity index (χ0v) is 20.2. The number of aryl methyl sites for hydroxylation is 3. The van der Waals surface area contributed by atoms with Crippen molar-refractivity contribution in [1.82, 2.24) is 10.1 Å². The van der Waals surface area contributed by atoms with Crippen LogP contribution >= 0.6 is 0 Å². The van der Waals surface area contributed by atoms with Gasteiger partial charge in [0.2, 0.25) is 11.7 Å². The van der Waals surface area contributed by atoms with Crippen molar-refractivity contribution in [3.05, 3.63) is 52.6 Å². The Kier molecular flexibility index (Phi) is 8.73. The van der Waals surface area contributed by atoms with Crippen LogP contribution in [0.1, 0.15) is 53.7 Å². The molecule has 0 aliphatic heterocycles. The van der Waals surface area contributed by atoms with E-state index in [1.165, 1.54) is 0 Å². The van der Waals surface area contributed by atoms with Crippen molar-refractivity contribution in [1.29, 1.82) is 0 Å². The number of benzene rings is 2. The molecule has 3 aromatic rings. The Balaban J connectivity index is 1.83. The molecule has 4 N–H and O–H groups in total. The summed E-state index contributed by atoms with van der Waals surface area (Å²) in [6.07, 6.45) is 0.559. The number of ether oxygens (including phenoxy) is 1. The summed E-state index contributed by atoms with van der Waals surface area (Å²) in [4.78, 5) is 26.9. The number of nitrogens with zero attached hydrogens (tertiary/aromatic N) is 2. The maximum absolute atomic E-state index is 11.4. The maximum atomic E-state index is 11.4.